The molecule has 1 radical (unpaired) electrons. The molecule has 1 heteroatoms. The second-order valence-electron chi connectivity index (χ2n) is 4.63. The summed E-state index contributed by atoms with van der Waals surface area (Å²) in [5, 5.41) is 3.02. The van der Waals surface area contributed by atoms with E-state index in [0.29, 0.717) is 0 Å². The molecule has 2 aromatic rings. The molecular formula is C14H13Si. The third kappa shape index (κ3) is 1.07. The fourth-order valence-corrected chi connectivity index (χ4v) is 5.59. The zero-order valence-corrected chi connectivity index (χ0v) is 10.0. The van der Waals surface area contributed by atoms with E-state index in [1.165, 1.54) is 16.3 Å². The van der Waals surface area contributed by atoms with Gasteiger partial charge in [0.1, 0.15) is 8.07 Å². The first-order chi connectivity index (χ1) is 7.21. The van der Waals surface area contributed by atoms with Crippen LogP contribution in [0.2, 0.25) is 13.1 Å². The van der Waals surface area contributed by atoms with Crippen LogP contribution in [0.3, 0.4) is 0 Å². The highest BCUT2D eigenvalue weighted by Gasteiger charge is 2.36. The molecule has 0 fully saturated rings. The van der Waals surface area contributed by atoms with E-state index in [1.54, 1.807) is 5.19 Å². The molecular weight excluding hydrogens is 196 g/mol. The van der Waals surface area contributed by atoms with Crippen molar-refractivity contribution in [2.75, 3.05) is 0 Å². The highest BCUT2D eigenvalue weighted by molar-refractivity contribution is 7.03. The Labute approximate surface area is 91.6 Å². The standard InChI is InChI=1S/C14H13Si/c1-15(2)13-9-5-3-7-11(13)12-8-4-6-10-14(12)15/h3-9H,1-2H3. The highest BCUT2D eigenvalue weighted by atomic mass is 28.3. The summed E-state index contributed by atoms with van der Waals surface area (Å²) in [6.45, 7) is 4.82. The van der Waals surface area contributed by atoms with Gasteiger partial charge in [-0.2, -0.15) is 0 Å². The molecule has 15 heavy (non-hydrogen) atoms. The lowest BCUT2D eigenvalue weighted by atomic mass is 10.1. The SMILES string of the molecule is C[Si]1(C)c2[c]cccc2-c2ccccc21. The zero-order valence-electron chi connectivity index (χ0n) is 9.04. The summed E-state index contributed by atoms with van der Waals surface area (Å²) in [6, 6.07) is 18.6. The van der Waals surface area contributed by atoms with E-state index in [0.717, 1.165) is 0 Å². The Kier molecular flexibility index (Phi) is 1.68. The predicted octanol–water partition coefficient (Wildman–Crippen LogP) is 2.29. The van der Waals surface area contributed by atoms with Gasteiger partial charge < -0.3 is 0 Å². The van der Waals surface area contributed by atoms with Crippen LogP contribution in [0.25, 0.3) is 11.1 Å². The molecule has 1 heterocycles. The molecule has 2 aromatic carbocycles. The normalized spacial score (nSPS) is 15.9. The van der Waals surface area contributed by atoms with E-state index in [2.05, 4.69) is 55.6 Å². The van der Waals surface area contributed by atoms with Crippen LogP contribution in [0.1, 0.15) is 0 Å². The van der Waals surface area contributed by atoms with Gasteiger partial charge in [0, 0.05) is 0 Å². The van der Waals surface area contributed by atoms with E-state index in [1.807, 2.05) is 6.07 Å². The van der Waals surface area contributed by atoms with Crippen molar-refractivity contribution in [2.45, 2.75) is 13.1 Å². The van der Waals surface area contributed by atoms with Gasteiger partial charge in [-0.05, 0) is 27.6 Å². The van der Waals surface area contributed by atoms with Crippen molar-refractivity contribution in [2.24, 2.45) is 0 Å². The molecule has 0 aliphatic carbocycles. The van der Waals surface area contributed by atoms with Crippen molar-refractivity contribution < 1.29 is 0 Å². The van der Waals surface area contributed by atoms with Crippen LogP contribution in [0, 0.1) is 6.07 Å². The average Bonchev–Trinajstić information content (AvgIpc) is 2.51. The molecule has 0 spiro atoms. The van der Waals surface area contributed by atoms with E-state index in [4.69, 9.17) is 0 Å². The molecule has 1 aliphatic heterocycles. The van der Waals surface area contributed by atoms with Crippen LogP contribution in [-0.2, 0) is 0 Å². The molecule has 0 atom stereocenters. The van der Waals surface area contributed by atoms with Crippen LogP contribution in [-0.4, -0.2) is 8.07 Å². The van der Waals surface area contributed by atoms with Gasteiger partial charge in [0.05, 0.1) is 0 Å². The van der Waals surface area contributed by atoms with Crippen LogP contribution in [0.5, 0.6) is 0 Å². The van der Waals surface area contributed by atoms with Gasteiger partial charge in [-0.15, -0.1) is 0 Å². The quantitative estimate of drug-likeness (QED) is 0.584. The molecule has 1 aliphatic rings. The van der Waals surface area contributed by atoms with E-state index in [9.17, 15) is 0 Å². The summed E-state index contributed by atoms with van der Waals surface area (Å²) < 4.78 is 0. The maximum absolute atomic E-state index is 3.45. The highest BCUT2D eigenvalue weighted by Crippen LogP contribution is 2.26. The Morgan fingerprint density at radius 2 is 1.67 bits per heavy atom. The van der Waals surface area contributed by atoms with Crippen molar-refractivity contribution in [3.63, 3.8) is 0 Å². The summed E-state index contributed by atoms with van der Waals surface area (Å²) in [5.41, 5.74) is 2.84. The van der Waals surface area contributed by atoms with Gasteiger partial charge in [-0.25, -0.2) is 0 Å². The number of hydrogen-bond acceptors (Lipinski definition) is 0. The molecule has 73 valence electrons. The number of hydrogen-bond donors (Lipinski definition) is 0. The van der Waals surface area contributed by atoms with E-state index in [-0.39, 0.29) is 0 Å². The second kappa shape index (κ2) is 2.83. The van der Waals surface area contributed by atoms with Gasteiger partial charge in [0.15, 0.2) is 0 Å². The van der Waals surface area contributed by atoms with Gasteiger partial charge >= 0.3 is 0 Å². The van der Waals surface area contributed by atoms with Crippen molar-refractivity contribution in [1.82, 2.24) is 0 Å². The summed E-state index contributed by atoms with van der Waals surface area (Å²) >= 11 is 0. The molecule has 0 bridgehead atoms. The third-order valence-corrected chi connectivity index (χ3v) is 6.82. The fraction of sp³-hybridized carbons (Fsp3) is 0.143. The Morgan fingerprint density at radius 3 is 2.53 bits per heavy atom. The topological polar surface area (TPSA) is 0 Å². The Morgan fingerprint density at radius 1 is 0.933 bits per heavy atom. The third-order valence-electron chi connectivity index (χ3n) is 3.37. The van der Waals surface area contributed by atoms with E-state index >= 15 is 0 Å². The molecule has 0 saturated carbocycles. The van der Waals surface area contributed by atoms with Crippen LogP contribution < -0.4 is 10.4 Å². The van der Waals surface area contributed by atoms with Gasteiger partial charge in [0.2, 0.25) is 0 Å². The molecule has 0 unspecified atom stereocenters. The Bertz CT molecular complexity index is 479. The average molecular weight is 209 g/mol. The fourth-order valence-electron chi connectivity index (χ4n) is 2.58. The van der Waals surface area contributed by atoms with Crippen LogP contribution >= 0.6 is 0 Å². The molecule has 0 N–H and O–H groups in total. The first kappa shape index (κ1) is 8.92. The monoisotopic (exact) mass is 209 g/mol. The molecule has 0 saturated heterocycles. The molecule has 0 amide bonds. The molecule has 3 rings (SSSR count). The summed E-state index contributed by atoms with van der Waals surface area (Å²) in [7, 11) is -1.44. The van der Waals surface area contributed by atoms with E-state index < -0.39 is 8.07 Å². The Balaban J connectivity index is 2.42. The number of fused-ring (bicyclic) bond motifs is 3. The maximum Gasteiger partial charge on any atom is 0.114 e. The zero-order chi connectivity index (χ0) is 10.5. The number of benzene rings is 2. The summed E-state index contributed by atoms with van der Waals surface area (Å²) in [4.78, 5) is 0. The van der Waals surface area contributed by atoms with Crippen LogP contribution in [0.15, 0.2) is 42.5 Å². The van der Waals surface area contributed by atoms with Gasteiger partial charge in [0.25, 0.3) is 0 Å². The largest absolute Gasteiger partial charge is 0.114 e. The van der Waals surface area contributed by atoms with Crippen molar-refractivity contribution in [1.29, 1.82) is 0 Å². The first-order valence-electron chi connectivity index (χ1n) is 5.32. The Hall–Kier alpha value is -1.34. The first-order valence-corrected chi connectivity index (χ1v) is 8.32. The van der Waals surface area contributed by atoms with Crippen molar-refractivity contribution >= 4 is 18.4 Å². The summed E-state index contributed by atoms with van der Waals surface area (Å²) in [5.74, 6) is 0. The lowest BCUT2D eigenvalue weighted by Crippen LogP contribution is -2.49. The van der Waals surface area contributed by atoms with Gasteiger partial charge in [-0.1, -0.05) is 55.6 Å². The minimum absolute atomic E-state index is 1.41. The summed E-state index contributed by atoms with van der Waals surface area (Å²) in [6.07, 6.45) is 0. The number of rotatable bonds is 0. The molecule has 0 aromatic heterocycles. The van der Waals surface area contributed by atoms with Crippen molar-refractivity contribution in [3.8, 4) is 11.1 Å². The lowest BCUT2D eigenvalue weighted by molar-refractivity contribution is 1.70. The predicted molar refractivity (Wildman–Crippen MR) is 67.5 cm³/mol. The van der Waals surface area contributed by atoms with Gasteiger partial charge in [-0.3, -0.25) is 0 Å². The van der Waals surface area contributed by atoms with Crippen molar-refractivity contribution in [3.05, 3.63) is 48.5 Å². The minimum Gasteiger partial charge on any atom is -0.0623 e. The minimum atomic E-state index is -1.44. The maximum atomic E-state index is 3.45. The van der Waals surface area contributed by atoms with Crippen LogP contribution in [0.4, 0.5) is 0 Å². The molecule has 0 nitrogen and oxygen atoms in total. The smallest absolute Gasteiger partial charge is 0.0623 e. The lowest BCUT2D eigenvalue weighted by Gasteiger charge is -2.17. The second-order valence-corrected chi connectivity index (χ2v) is 8.92.